The number of anilines is 1. The molecular formula is C14H19NO2. The second-order valence-corrected chi connectivity index (χ2v) is 4.70. The van der Waals surface area contributed by atoms with Gasteiger partial charge in [0.1, 0.15) is 0 Å². The maximum absolute atomic E-state index is 11.8. The van der Waals surface area contributed by atoms with E-state index in [0.29, 0.717) is 12.3 Å². The zero-order chi connectivity index (χ0) is 12.1. The molecule has 1 unspecified atom stereocenters. The standard InChI is InChI=1S/C14H19NO2/c1-11-4-6-13(7-5-11)15-14(16)9-12-3-2-8-17-10-12/h4-7,12H,2-3,8-10H2,1H3,(H,15,16). The minimum absolute atomic E-state index is 0.0874. The van der Waals surface area contributed by atoms with Gasteiger partial charge >= 0.3 is 0 Å². The zero-order valence-corrected chi connectivity index (χ0v) is 10.2. The molecule has 0 aliphatic carbocycles. The lowest BCUT2D eigenvalue weighted by atomic mass is 9.98. The highest BCUT2D eigenvalue weighted by Gasteiger charge is 2.17. The van der Waals surface area contributed by atoms with Crippen LogP contribution in [-0.4, -0.2) is 19.1 Å². The van der Waals surface area contributed by atoms with E-state index in [9.17, 15) is 4.79 Å². The molecule has 0 spiro atoms. The van der Waals surface area contributed by atoms with Crippen LogP contribution in [0.1, 0.15) is 24.8 Å². The summed E-state index contributed by atoms with van der Waals surface area (Å²) in [6.07, 6.45) is 2.73. The SMILES string of the molecule is Cc1ccc(NC(=O)CC2CCCOC2)cc1. The Labute approximate surface area is 102 Å². The molecule has 1 aliphatic heterocycles. The van der Waals surface area contributed by atoms with Crippen molar-refractivity contribution >= 4 is 11.6 Å². The molecule has 3 nitrogen and oxygen atoms in total. The summed E-state index contributed by atoms with van der Waals surface area (Å²) in [6.45, 7) is 3.60. The van der Waals surface area contributed by atoms with E-state index in [1.54, 1.807) is 0 Å². The second kappa shape index (κ2) is 5.82. The predicted molar refractivity (Wildman–Crippen MR) is 68.0 cm³/mol. The lowest BCUT2D eigenvalue weighted by molar-refractivity contribution is -0.118. The van der Waals surface area contributed by atoms with Gasteiger partial charge in [-0.1, -0.05) is 17.7 Å². The van der Waals surface area contributed by atoms with Crippen molar-refractivity contribution in [3.8, 4) is 0 Å². The molecule has 1 aromatic carbocycles. The maximum atomic E-state index is 11.8. The van der Waals surface area contributed by atoms with Gasteiger partial charge in [0.25, 0.3) is 0 Å². The van der Waals surface area contributed by atoms with Gasteiger partial charge in [-0.2, -0.15) is 0 Å². The Bertz CT molecular complexity index is 366. The van der Waals surface area contributed by atoms with Gasteiger partial charge < -0.3 is 10.1 Å². The molecule has 0 radical (unpaired) electrons. The molecule has 0 aromatic heterocycles. The molecule has 0 saturated carbocycles. The van der Waals surface area contributed by atoms with Gasteiger partial charge in [-0.05, 0) is 37.8 Å². The van der Waals surface area contributed by atoms with Crippen molar-refractivity contribution in [2.75, 3.05) is 18.5 Å². The fourth-order valence-electron chi connectivity index (χ4n) is 2.08. The van der Waals surface area contributed by atoms with E-state index in [0.717, 1.165) is 31.7 Å². The smallest absolute Gasteiger partial charge is 0.224 e. The number of carbonyl (C=O) groups is 1. The second-order valence-electron chi connectivity index (χ2n) is 4.70. The fourth-order valence-corrected chi connectivity index (χ4v) is 2.08. The summed E-state index contributed by atoms with van der Waals surface area (Å²) >= 11 is 0. The summed E-state index contributed by atoms with van der Waals surface area (Å²) in [5.41, 5.74) is 2.07. The third-order valence-corrected chi connectivity index (χ3v) is 3.06. The number of nitrogens with one attached hydrogen (secondary N) is 1. The molecule has 1 atom stereocenters. The first-order valence-electron chi connectivity index (χ1n) is 6.18. The lowest BCUT2D eigenvalue weighted by Crippen LogP contribution is -2.23. The van der Waals surface area contributed by atoms with Gasteiger partial charge in [0.15, 0.2) is 0 Å². The quantitative estimate of drug-likeness (QED) is 0.871. The van der Waals surface area contributed by atoms with Crippen molar-refractivity contribution in [1.82, 2.24) is 0 Å². The number of carbonyl (C=O) groups excluding carboxylic acids is 1. The minimum atomic E-state index is 0.0874. The summed E-state index contributed by atoms with van der Waals surface area (Å²) in [5, 5.41) is 2.92. The highest BCUT2D eigenvalue weighted by molar-refractivity contribution is 5.90. The van der Waals surface area contributed by atoms with Crippen molar-refractivity contribution in [3.05, 3.63) is 29.8 Å². The Morgan fingerprint density at radius 2 is 2.18 bits per heavy atom. The molecule has 1 N–H and O–H groups in total. The normalized spacial score (nSPS) is 19.9. The van der Waals surface area contributed by atoms with Gasteiger partial charge in [-0.3, -0.25) is 4.79 Å². The van der Waals surface area contributed by atoms with E-state index < -0.39 is 0 Å². The van der Waals surface area contributed by atoms with Crippen LogP contribution in [0.25, 0.3) is 0 Å². The molecule has 1 aromatic rings. The van der Waals surface area contributed by atoms with Crippen LogP contribution in [0.5, 0.6) is 0 Å². The summed E-state index contributed by atoms with van der Waals surface area (Å²) in [7, 11) is 0. The van der Waals surface area contributed by atoms with Crippen LogP contribution >= 0.6 is 0 Å². The van der Waals surface area contributed by atoms with E-state index in [1.165, 1.54) is 5.56 Å². The number of amides is 1. The largest absolute Gasteiger partial charge is 0.381 e. The average Bonchev–Trinajstić information content (AvgIpc) is 2.33. The van der Waals surface area contributed by atoms with Gasteiger partial charge in [0.2, 0.25) is 5.91 Å². The first-order valence-corrected chi connectivity index (χ1v) is 6.18. The monoisotopic (exact) mass is 233 g/mol. The molecule has 1 amide bonds. The Hall–Kier alpha value is -1.35. The predicted octanol–water partition coefficient (Wildman–Crippen LogP) is 2.75. The zero-order valence-electron chi connectivity index (χ0n) is 10.2. The van der Waals surface area contributed by atoms with Crippen molar-refractivity contribution in [3.63, 3.8) is 0 Å². The summed E-state index contributed by atoms with van der Waals surface area (Å²) in [4.78, 5) is 11.8. The summed E-state index contributed by atoms with van der Waals surface area (Å²) in [6, 6.07) is 7.87. The van der Waals surface area contributed by atoms with Crippen molar-refractivity contribution in [2.24, 2.45) is 5.92 Å². The fraction of sp³-hybridized carbons (Fsp3) is 0.500. The van der Waals surface area contributed by atoms with E-state index >= 15 is 0 Å². The van der Waals surface area contributed by atoms with Crippen LogP contribution in [0, 0.1) is 12.8 Å². The first kappa shape index (κ1) is 12.1. The van der Waals surface area contributed by atoms with Gasteiger partial charge in [-0.25, -0.2) is 0 Å². The van der Waals surface area contributed by atoms with E-state index in [1.807, 2.05) is 31.2 Å². The number of ether oxygens (including phenoxy) is 1. The lowest BCUT2D eigenvalue weighted by Gasteiger charge is -2.21. The van der Waals surface area contributed by atoms with Crippen molar-refractivity contribution < 1.29 is 9.53 Å². The molecule has 1 aliphatic rings. The van der Waals surface area contributed by atoms with Gasteiger partial charge in [0, 0.05) is 25.3 Å². The number of benzene rings is 1. The van der Waals surface area contributed by atoms with Gasteiger partial charge in [-0.15, -0.1) is 0 Å². The molecule has 92 valence electrons. The van der Waals surface area contributed by atoms with Crippen LogP contribution < -0.4 is 5.32 Å². The molecule has 3 heteroatoms. The molecule has 1 fully saturated rings. The van der Waals surface area contributed by atoms with Crippen LogP contribution in [-0.2, 0) is 9.53 Å². The third-order valence-electron chi connectivity index (χ3n) is 3.06. The van der Waals surface area contributed by atoms with Crippen LogP contribution in [0.15, 0.2) is 24.3 Å². The summed E-state index contributed by atoms with van der Waals surface area (Å²) in [5.74, 6) is 0.471. The Morgan fingerprint density at radius 1 is 1.41 bits per heavy atom. The molecular weight excluding hydrogens is 214 g/mol. The van der Waals surface area contributed by atoms with Gasteiger partial charge in [0.05, 0.1) is 0 Å². The average molecular weight is 233 g/mol. The molecule has 2 rings (SSSR count). The van der Waals surface area contributed by atoms with Crippen LogP contribution in [0.2, 0.25) is 0 Å². The Balaban J connectivity index is 1.82. The number of aryl methyl sites for hydroxylation is 1. The maximum Gasteiger partial charge on any atom is 0.224 e. The van der Waals surface area contributed by atoms with Crippen molar-refractivity contribution in [2.45, 2.75) is 26.2 Å². The summed E-state index contributed by atoms with van der Waals surface area (Å²) < 4.78 is 5.37. The number of rotatable bonds is 3. The molecule has 1 saturated heterocycles. The van der Waals surface area contributed by atoms with Crippen molar-refractivity contribution in [1.29, 1.82) is 0 Å². The Morgan fingerprint density at radius 3 is 2.82 bits per heavy atom. The number of hydrogen-bond donors (Lipinski definition) is 1. The number of hydrogen-bond acceptors (Lipinski definition) is 2. The molecule has 0 bridgehead atoms. The van der Waals surface area contributed by atoms with Crippen LogP contribution in [0.4, 0.5) is 5.69 Å². The molecule has 1 heterocycles. The minimum Gasteiger partial charge on any atom is -0.381 e. The highest BCUT2D eigenvalue weighted by Crippen LogP contribution is 2.18. The molecule has 17 heavy (non-hydrogen) atoms. The van der Waals surface area contributed by atoms with Crippen LogP contribution in [0.3, 0.4) is 0 Å². The van der Waals surface area contributed by atoms with E-state index in [2.05, 4.69) is 5.32 Å². The highest BCUT2D eigenvalue weighted by atomic mass is 16.5. The Kier molecular flexibility index (Phi) is 4.15. The topological polar surface area (TPSA) is 38.3 Å². The third kappa shape index (κ3) is 3.86. The first-order chi connectivity index (χ1) is 8.24. The van der Waals surface area contributed by atoms with E-state index in [-0.39, 0.29) is 5.91 Å². The van der Waals surface area contributed by atoms with E-state index in [4.69, 9.17) is 4.74 Å².